The highest BCUT2D eigenvalue weighted by molar-refractivity contribution is 7.52. The van der Waals surface area contributed by atoms with Crippen LogP contribution in [0.2, 0.25) is 0 Å². The number of aromatic nitrogens is 4. The van der Waals surface area contributed by atoms with E-state index in [0.29, 0.717) is 5.82 Å². The number of rotatable bonds is 10. The molecular formula is C23H30F2N7O7P. The van der Waals surface area contributed by atoms with Crippen LogP contribution in [0.25, 0.3) is 11.2 Å². The van der Waals surface area contributed by atoms with Crippen LogP contribution in [-0.2, 0) is 23.4 Å². The van der Waals surface area contributed by atoms with Crippen molar-refractivity contribution in [2.24, 2.45) is 0 Å². The lowest BCUT2D eigenvalue weighted by molar-refractivity contribution is -0.202. The van der Waals surface area contributed by atoms with Gasteiger partial charge in [-0.2, -0.15) is 15.1 Å². The first-order valence-electron chi connectivity index (χ1n) is 12.0. The summed E-state index contributed by atoms with van der Waals surface area (Å²) < 4.78 is 67.5. The fraction of sp³-hybridized carbons (Fsp3) is 0.478. The Balaban J connectivity index is 1.64. The number of methoxy groups -OCH3 is 1. The van der Waals surface area contributed by atoms with Crippen molar-refractivity contribution in [3.05, 3.63) is 36.7 Å². The van der Waals surface area contributed by atoms with Crippen LogP contribution in [0.5, 0.6) is 5.75 Å². The average Bonchev–Trinajstić information content (AvgIpc) is 3.39. The molecule has 1 aliphatic heterocycles. The molecule has 218 valence electrons. The van der Waals surface area contributed by atoms with Crippen molar-refractivity contribution in [3.8, 4) is 5.75 Å². The number of nitrogens with zero attached hydrogens (tertiary/aromatic N) is 5. The highest BCUT2D eigenvalue weighted by Crippen LogP contribution is 2.52. The molecule has 40 heavy (non-hydrogen) atoms. The van der Waals surface area contributed by atoms with Crippen LogP contribution in [-0.4, -0.2) is 82.1 Å². The van der Waals surface area contributed by atoms with E-state index in [-0.39, 0.29) is 22.9 Å². The number of nitrogens with two attached hydrogens (primary N) is 1. The number of nitrogens with one attached hydrogen (secondary N) is 1. The van der Waals surface area contributed by atoms with Crippen molar-refractivity contribution in [3.63, 3.8) is 0 Å². The molecule has 0 radical (unpaired) electrons. The third kappa shape index (κ3) is 5.58. The number of carbonyl (C=O) groups excluding carboxylic acids is 1. The predicted octanol–water partition coefficient (Wildman–Crippen LogP) is 2.11. The minimum absolute atomic E-state index is 0.0223. The molecule has 0 saturated carbocycles. The van der Waals surface area contributed by atoms with Gasteiger partial charge in [0, 0.05) is 14.1 Å². The zero-order chi connectivity index (χ0) is 29.5. The second kappa shape index (κ2) is 10.9. The first-order valence-corrected chi connectivity index (χ1v) is 13.5. The average molecular weight is 586 g/mol. The number of aliphatic hydroxyl groups is 1. The zero-order valence-electron chi connectivity index (χ0n) is 22.3. The van der Waals surface area contributed by atoms with Crippen LogP contribution >= 0.6 is 7.75 Å². The number of nitrogen functional groups attached to an aromatic ring is 1. The third-order valence-corrected chi connectivity index (χ3v) is 7.76. The fourth-order valence-corrected chi connectivity index (χ4v) is 5.62. The van der Waals surface area contributed by atoms with Gasteiger partial charge in [0.05, 0.1) is 13.4 Å². The van der Waals surface area contributed by atoms with Gasteiger partial charge < -0.3 is 29.7 Å². The molecule has 3 heterocycles. The van der Waals surface area contributed by atoms with Crippen molar-refractivity contribution in [2.45, 2.75) is 43.7 Å². The lowest BCUT2D eigenvalue weighted by atomic mass is 9.97. The topological polar surface area (TPSA) is 176 Å². The van der Waals surface area contributed by atoms with E-state index in [2.05, 4.69) is 24.8 Å². The van der Waals surface area contributed by atoms with E-state index >= 15 is 8.78 Å². The van der Waals surface area contributed by atoms with Gasteiger partial charge in [0.15, 0.2) is 35.0 Å². The molecule has 0 amide bonds. The smallest absolute Gasteiger partial charge is 0.459 e. The molecule has 2 aromatic heterocycles. The largest absolute Gasteiger partial charge is 0.468 e. The summed E-state index contributed by atoms with van der Waals surface area (Å²) in [5.41, 5.74) is 3.30. The lowest BCUT2D eigenvalue weighted by Gasteiger charge is -2.28. The van der Waals surface area contributed by atoms with Gasteiger partial charge in [0.2, 0.25) is 5.95 Å². The first-order chi connectivity index (χ1) is 18.7. The van der Waals surface area contributed by atoms with Crippen LogP contribution in [0, 0.1) is 0 Å². The Labute approximate surface area is 228 Å². The Kier molecular flexibility index (Phi) is 8.02. The molecule has 0 spiro atoms. The number of hydrogen-bond acceptors (Lipinski definition) is 12. The number of fused-ring (bicyclic) bond motifs is 1. The number of esters is 1. The zero-order valence-corrected chi connectivity index (χ0v) is 23.2. The number of ether oxygens (including phenoxy) is 2. The molecule has 6 atom stereocenters. The van der Waals surface area contributed by atoms with E-state index in [9.17, 15) is 14.5 Å². The van der Waals surface area contributed by atoms with Gasteiger partial charge in [0.1, 0.15) is 18.4 Å². The van der Waals surface area contributed by atoms with Crippen LogP contribution in [0.15, 0.2) is 36.7 Å². The second-order valence-electron chi connectivity index (χ2n) is 9.48. The van der Waals surface area contributed by atoms with Crippen molar-refractivity contribution < 1.29 is 41.8 Å². The number of para-hydroxylation sites is 1. The second-order valence-corrected chi connectivity index (χ2v) is 11.2. The van der Waals surface area contributed by atoms with Gasteiger partial charge in [0.25, 0.3) is 5.85 Å². The molecule has 3 aromatic rings. The van der Waals surface area contributed by atoms with Crippen LogP contribution in [0.3, 0.4) is 0 Å². The molecule has 0 bridgehead atoms. The van der Waals surface area contributed by atoms with Crippen LogP contribution in [0.1, 0.15) is 20.1 Å². The van der Waals surface area contributed by atoms with E-state index in [1.165, 1.54) is 19.1 Å². The van der Waals surface area contributed by atoms with Gasteiger partial charge >= 0.3 is 13.7 Å². The quantitative estimate of drug-likeness (QED) is 0.233. The standard InChI is InChI=1S/C23H30F2N7O7P/c1-13(18(33)36-5)30-40(35,39-14-9-7-6-8-10-14)37-11-23(25)19(34)22(2,24)20(38-23)32-12-27-15-16(31(3)4)28-21(26)29-17(15)32/h6-10,12-13,19-20,34H,11H2,1-5H3,(H,30,35)(H2,26,28,29)/t13-,19+,20-,22-,23-,40+/m1/s1. The summed E-state index contributed by atoms with van der Waals surface area (Å²) in [4.78, 5) is 25.9. The maximum absolute atomic E-state index is 16.1. The minimum atomic E-state index is -4.54. The first kappa shape index (κ1) is 29.6. The SMILES string of the molecule is COC(=O)[C@@H](C)N[P@](=O)(OC[C@@]1(F)O[C@@H](n2cnc3c(N(C)C)nc(N)nc32)[C@](C)(F)[C@@H]1O)Oc1ccccc1. The van der Waals surface area contributed by atoms with Crippen LogP contribution < -0.4 is 20.2 Å². The number of benzene rings is 1. The summed E-state index contributed by atoms with van der Waals surface area (Å²) in [7, 11) is -0.0510. The van der Waals surface area contributed by atoms with Gasteiger partial charge in [-0.05, 0) is 26.0 Å². The molecule has 1 aliphatic rings. The normalized spacial score (nSPS) is 26.8. The number of halogens is 2. The molecule has 4 rings (SSSR count). The summed E-state index contributed by atoms with van der Waals surface area (Å²) >= 11 is 0. The Morgan fingerprint density at radius 1 is 1.32 bits per heavy atom. The van der Waals surface area contributed by atoms with Crippen LogP contribution in [0.4, 0.5) is 20.5 Å². The van der Waals surface area contributed by atoms with E-state index in [1.54, 1.807) is 37.2 Å². The summed E-state index contributed by atoms with van der Waals surface area (Å²) in [6, 6.07) is 6.51. The predicted molar refractivity (Wildman–Crippen MR) is 139 cm³/mol. The Morgan fingerprint density at radius 2 is 2.00 bits per heavy atom. The van der Waals surface area contributed by atoms with Crippen molar-refractivity contribution >= 4 is 36.6 Å². The number of carbonyl (C=O) groups is 1. The molecule has 0 aliphatic carbocycles. The number of anilines is 2. The maximum Gasteiger partial charge on any atom is 0.459 e. The summed E-state index contributed by atoms with van der Waals surface area (Å²) in [5, 5.41) is 13.1. The van der Waals surface area contributed by atoms with E-state index in [1.807, 2.05) is 0 Å². The summed E-state index contributed by atoms with van der Waals surface area (Å²) in [6.45, 7) is 0.975. The molecule has 1 aromatic carbocycles. The van der Waals surface area contributed by atoms with Gasteiger partial charge in [-0.1, -0.05) is 18.2 Å². The molecule has 17 heteroatoms. The van der Waals surface area contributed by atoms with Gasteiger partial charge in [-0.25, -0.2) is 18.3 Å². The molecule has 0 unspecified atom stereocenters. The molecule has 14 nitrogen and oxygen atoms in total. The van der Waals surface area contributed by atoms with Crippen molar-refractivity contribution in [1.29, 1.82) is 0 Å². The van der Waals surface area contributed by atoms with Gasteiger partial charge in [-0.3, -0.25) is 13.9 Å². The fourth-order valence-electron chi connectivity index (χ4n) is 4.11. The van der Waals surface area contributed by atoms with E-state index in [4.69, 9.17) is 19.5 Å². The maximum atomic E-state index is 16.1. The van der Waals surface area contributed by atoms with Crippen molar-refractivity contribution in [1.82, 2.24) is 24.6 Å². The minimum Gasteiger partial charge on any atom is -0.468 e. The lowest BCUT2D eigenvalue weighted by Crippen LogP contribution is -2.47. The Morgan fingerprint density at radius 3 is 2.62 bits per heavy atom. The molecule has 1 saturated heterocycles. The Bertz CT molecular complexity index is 1430. The number of imidazole rings is 1. The van der Waals surface area contributed by atoms with Crippen molar-refractivity contribution in [2.75, 3.05) is 38.4 Å². The van der Waals surface area contributed by atoms with Gasteiger partial charge in [-0.15, -0.1) is 0 Å². The summed E-state index contributed by atoms with van der Waals surface area (Å²) in [6.07, 6.45) is -3.09. The highest BCUT2D eigenvalue weighted by atomic mass is 31.2. The number of hydrogen-bond donors (Lipinski definition) is 3. The number of alkyl halides is 2. The van der Waals surface area contributed by atoms with E-state index < -0.39 is 50.2 Å². The monoisotopic (exact) mass is 585 g/mol. The molecule has 1 fully saturated rings. The highest BCUT2D eigenvalue weighted by Gasteiger charge is 2.65. The number of aliphatic hydroxyl groups excluding tert-OH is 1. The molecular weight excluding hydrogens is 555 g/mol. The Hall–Kier alpha value is -3.43. The molecule has 4 N–H and O–H groups in total. The van der Waals surface area contributed by atoms with E-state index in [0.717, 1.165) is 24.9 Å². The third-order valence-electron chi connectivity index (χ3n) is 6.14. The summed E-state index contributed by atoms with van der Waals surface area (Å²) in [5.74, 6) is -3.83.